The number of pyridine rings is 1. The Balaban J connectivity index is 2.06. The number of halogens is 1. The van der Waals surface area contributed by atoms with Crippen LogP contribution in [0, 0.1) is 0 Å². The maximum atomic E-state index is 11.0. The van der Waals surface area contributed by atoms with Crippen LogP contribution in [0.25, 0.3) is 0 Å². The Morgan fingerprint density at radius 2 is 2.00 bits per heavy atom. The molecule has 1 amide bonds. The Hall–Kier alpha value is -1.29. The molecule has 0 atom stereocenters. The fourth-order valence-corrected chi connectivity index (χ4v) is 2.52. The molecule has 1 aromatic heterocycles. The molecule has 0 spiro atoms. The van der Waals surface area contributed by atoms with Gasteiger partial charge < -0.3 is 11.1 Å². The molecule has 0 aliphatic heterocycles. The zero-order chi connectivity index (χ0) is 13.0. The summed E-state index contributed by atoms with van der Waals surface area (Å²) in [7, 11) is 0. The maximum absolute atomic E-state index is 11.0. The molecule has 1 aliphatic carbocycles. The number of primary amides is 1. The highest BCUT2D eigenvalue weighted by Gasteiger charge is 2.14. The number of nitrogens with one attached hydrogen (secondary N) is 1. The van der Waals surface area contributed by atoms with Gasteiger partial charge >= 0.3 is 0 Å². The number of anilines is 1. The lowest BCUT2D eigenvalue weighted by Crippen LogP contribution is -2.20. The van der Waals surface area contributed by atoms with E-state index in [0.717, 1.165) is 12.8 Å². The number of carbonyl (C=O) groups excluding carboxylic acids is 1. The molecule has 0 saturated heterocycles. The maximum Gasteiger partial charge on any atom is 0.250 e. The minimum absolute atomic E-state index is 0.339. The minimum Gasteiger partial charge on any atom is -0.366 e. The molecule has 1 aromatic rings. The van der Waals surface area contributed by atoms with Crippen LogP contribution in [0.5, 0.6) is 0 Å². The molecule has 4 nitrogen and oxygen atoms in total. The van der Waals surface area contributed by atoms with E-state index in [2.05, 4.69) is 10.3 Å². The normalized spacial score (nSPS) is 17.2. The number of hydrogen-bond donors (Lipinski definition) is 2. The van der Waals surface area contributed by atoms with Crippen LogP contribution in [0.3, 0.4) is 0 Å². The Morgan fingerprint density at radius 3 is 2.56 bits per heavy atom. The van der Waals surface area contributed by atoms with Crippen LogP contribution in [0.4, 0.5) is 5.82 Å². The van der Waals surface area contributed by atoms with Gasteiger partial charge in [-0.05, 0) is 18.9 Å². The molecule has 1 fully saturated rings. The second-order valence-corrected chi connectivity index (χ2v) is 5.16. The third-order valence-corrected chi connectivity index (χ3v) is 3.61. The van der Waals surface area contributed by atoms with Crippen molar-refractivity contribution in [1.82, 2.24) is 4.98 Å². The minimum atomic E-state index is -0.509. The molecule has 0 aromatic carbocycles. The van der Waals surface area contributed by atoms with Gasteiger partial charge in [0.05, 0.1) is 10.6 Å². The smallest absolute Gasteiger partial charge is 0.250 e. The molecule has 0 bridgehead atoms. The summed E-state index contributed by atoms with van der Waals surface area (Å²) in [4.78, 5) is 15.2. The number of nitrogens with two attached hydrogens (primary N) is 1. The van der Waals surface area contributed by atoms with Gasteiger partial charge in [-0.2, -0.15) is 0 Å². The Bertz CT molecular complexity index is 428. The van der Waals surface area contributed by atoms with Gasteiger partial charge in [0.2, 0.25) is 5.91 Å². The standard InChI is InChI=1S/C13H18ClN3O/c14-11-7-9(12(15)18)8-16-13(11)17-10-5-3-1-2-4-6-10/h7-8,10H,1-6H2,(H2,15,18)(H,16,17). The first-order valence-electron chi connectivity index (χ1n) is 6.38. The van der Waals surface area contributed by atoms with Gasteiger partial charge in [-0.1, -0.05) is 37.3 Å². The van der Waals surface area contributed by atoms with Crippen LogP contribution in [0.2, 0.25) is 5.02 Å². The predicted octanol–water partition coefficient (Wildman–Crippen LogP) is 2.97. The SMILES string of the molecule is NC(=O)c1cnc(NC2CCCCCC2)c(Cl)c1. The van der Waals surface area contributed by atoms with Crippen molar-refractivity contribution in [3.05, 3.63) is 22.8 Å². The van der Waals surface area contributed by atoms with Crippen LogP contribution in [0.15, 0.2) is 12.3 Å². The highest BCUT2D eigenvalue weighted by atomic mass is 35.5. The van der Waals surface area contributed by atoms with E-state index in [-0.39, 0.29) is 0 Å². The van der Waals surface area contributed by atoms with E-state index in [9.17, 15) is 4.79 Å². The van der Waals surface area contributed by atoms with Crippen LogP contribution in [0.1, 0.15) is 48.9 Å². The molecule has 18 heavy (non-hydrogen) atoms. The molecular formula is C13H18ClN3O. The van der Waals surface area contributed by atoms with E-state index in [4.69, 9.17) is 17.3 Å². The van der Waals surface area contributed by atoms with E-state index in [1.807, 2.05) is 0 Å². The van der Waals surface area contributed by atoms with Crippen molar-refractivity contribution < 1.29 is 4.79 Å². The summed E-state index contributed by atoms with van der Waals surface area (Å²) < 4.78 is 0. The third kappa shape index (κ3) is 3.35. The van der Waals surface area contributed by atoms with Crippen molar-refractivity contribution in [3.63, 3.8) is 0 Å². The second-order valence-electron chi connectivity index (χ2n) is 4.75. The number of nitrogens with zero attached hydrogens (tertiary/aromatic N) is 1. The molecule has 98 valence electrons. The van der Waals surface area contributed by atoms with Crippen LogP contribution < -0.4 is 11.1 Å². The van der Waals surface area contributed by atoms with Gasteiger partial charge in [-0.3, -0.25) is 4.79 Å². The predicted molar refractivity (Wildman–Crippen MR) is 72.9 cm³/mol. The molecule has 0 radical (unpaired) electrons. The Labute approximate surface area is 112 Å². The first kappa shape index (κ1) is 13.1. The summed E-state index contributed by atoms with van der Waals surface area (Å²) in [5, 5.41) is 3.81. The average molecular weight is 268 g/mol. The molecule has 5 heteroatoms. The number of rotatable bonds is 3. The number of aromatic nitrogens is 1. The summed E-state index contributed by atoms with van der Waals surface area (Å²) in [6, 6.07) is 1.99. The quantitative estimate of drug-likeness (QED) is 0.828. The van der Waals surface area contributed by atoms with Gasteiger partial charge in [0, 0.05) is 12.2 Å². The average Bonchev–Trinajstić information content (AvgIpc) is 2.60. The summed E-state index contributed by atoms with van der Waals surface area (Å²) in [6.45, 7) is 0. The molecule has 1 aliphatic rings. The van der Waals surface area contributed by atoms with Crippen molar-refractivity contribution in [2.45, 2.75) is 44.6 Å². The zero-order valence-electron chi connectivity index (χ0n) is 10.3. The van der Waals surface area contributed by atoms with E-state index < -0.39 is 5.91 Å². The first-order valence-corrected chi connectivity index (χ1v) is 6.76. The summed E-state index contributed by atoms with van der Waals surface area (Å²) in [5.74, 6) is 0.138. The summed E-state index contributed by atoms with van der Waals surface area (Å²) in [6.07, 6.45) is 8.86. The van der Waals surface area contributed by atoms with Gasteiger partial charge in [-0.15, -0.1) is 0 Å². The molecular weight excluding hydrogens is 250 g/mol. The summed E-state index contributed by atoms with van der Waals surface area (Å²) in [5.41, 5.74) is 5.52. The van der Waals surface area contributed by atoms with E-state index in [1.54, 1.807) is 6.07 Å². The monoisotopic (exact) mass is 267 g/mol. The van der Waals surface area contributed by atoms with Gasteiger partial charge in [0.25, 0.3) is 0 Å². The van der Waals surface area contributed by atoms with Gasteiger partial charge in [0.1, 0.15) is 5.82 Å². The van der Waals surface area contributed by atoms with Crippen molar-refractivity contribution in [2.75, 3.05) is 5.32 Å². The first-order chi connectivity index (χ1) is 8.66. The molecule has 0 unspecified atom stereocenters. The fraction of sp³-hybridized carbons (Fsp3) is 0.538. The van der Waals surface area contributed by atoms with Crippen LogP contribution >= 0.6 is 11.6 Å². The molecule has 2 rings (SSSR count). The van der Waals surface area contributed by atoms with Crippen molar-refractivity contribution >= 4 is 23.3 Å². The topological polar surface area (TPSA) is 68.0 Å². The highest BCUT2D eigenvalue weighted by molar-refractivity contribution is 6.33. The number of carbonyl (C=O) groups is 1. The Kier molecular flexibility index (Phi) is 4.42. The third-order valence-electron chi connectivity index (χ3n) is 3.32. The highest BCUT2D eigenvalue weighted by Crippen LogP contribution is 2.25. The lowest BCUT2D eigenvalue weighted by atomic mass is 10.1. The van der Waals surface area contributed by atoms with E-state index >= 15 is 0 Å². The van der Waals surface area contributed by atoms with Crippen LogP contribution in [-0.4, -0.2) is 16.9 Å². The largest absolute Gasteiger partial charge is 0.366 e. The van der Waals surface area contributed by atoms with Crippen LogP contribution in [-0.2, 0) is 0 Å². The number of amides is 1. The zero-order valence-corrected chi connectivity index (χ0v) is 11.0. The fourth-order valence-electron chi connectivity index (χ4n) is 2.30. The van der Waals surface area contributed by atoms with Gasteiger partial charge in [0.15, 0.2) is 0 Å². The van der Waals surface area contributed by atoms with Crippen molar-refractivity contribution in [1.29, 1.82) is 0 Å². The lowest BCUT2D eigenvalue weighted by Gasteiger charge is -2.17. The summed E-state index contributed by atoms with van der Waals surface area (Å²) >= 11 is 6.10. The number of hydrogen-bond acceptors (Lipinski definition) is 3. The van der Waals surface area contributed by atoms with Crippen molar-refractivity contribution in [3.8, 4) is 0 Å². The lowest BCUT2D eigenvalue weighted by molar-refractivity contribution is 0.1000. The van der Waals surface area contributed by atoms with E-state index in [0.29, 0.717) is 22.4 Å². The molecule has 1 heterocycles. The van der Waals surface area contributed by atoms with Gasteiger partial charge in [-0.25, -0.2) is 4.98 Å². The van der Waals surface area contributed by atoms with Crippen molar-refractivity contribution in [2.24, 2.45) is 5.73 Å². The Morgan fingerprint density at radius 1 is 1.33 bits per heavy atom. The second kappa shape index (κ2) is 6.05. The van der Waals surface area contributed by atoms with E-state index in [1.165, 1.54) is 31.9 Å². The molecule has 1 saturated carbocycles. The molecule has 3 N–H and O–H groups in total.